The van der Waals surface area contributed by atoms with Crippen LogP contribution in [0.4, 0.5) is 0 Å². The monoisotopic (exact) mass is 264 g/mol. The van der Waals surface area contributed by atoms with Gasteiger partial charge in [-0.2, -0.15) is 0 Å². The van der Waals surface area contributed by atoms with E-state index in [-0.39, 0.29) is 0 Å². The molecule has 20 heavy (non-hydrogen) atoms. The average Bonchev–Trinajstić information content (AvgIpc) is 2.53. The SMILES string of the molecule is CCc1cccnc1C(O)c1cncc2ccccc12. The van der Waals surface area contributed by atoms with Crippen molar-refractivity contribution in [2.45, 2.75) is 19.4 Å². The zero-order chi connectivity index (χ0) is 13.9. The number of hydrogen-bond acceptors (Lipinski definition) is 3. The van der Waals surface area contributed by atoms with Crippen molar-refractivity contribution in [3.63, 3.8) is 0 Å². The molecule has 2 aromatic heterocycles. The molecule has 2 heterocycles. The van der Waals surface area contributed by atoms with Crippen LogP contribution in [0.2, 0.25) is 0 Å². The first kappa shape index (κ1) is 12.8. The van der Waals surface area contributed by atoms with E-state index in [1.807, 2.05) is 42.6 Å². The van der Waals surface area contributed by atoms with Crippen molar-refractivity contribution >= 4 is 10.8 Å². The lowest BCUT2D eigenvalue weighted by Gasteiger charge is -2.15. The van der Waals surface area contributed by atoms with E-state index in [4.69, 9.17) is 0 Å². The molecular formula is C17H16N2O. The van der Waals surface area contributed by atoms with Gasteiger partial charge in [-0.25, -0.2) is 0 Å². The highest BCUT2D eigenvalue weighted by Gasteiger charge is 2.17. The Morgan fingerprint density at radius 1 is 1.10 bits per heavy atom. The molecule has 3 heteroatoms. The third kappa shape index (κ3) is 2.17. The van der Waals surface area contributed by atoms with Crippen molar-refractivity contribution in [2.75, 3.05) is 0 Å². The Kier molecular flexibility index (Phi) is 3.44. The van der Waals surface area contributed by atoms with Gasteiger partial charge in [0.25, 0.3) is 0 Å². The number of nitrogens with zero attached hydrogens (tertiary/aromatic N) is 2. The minimum absolute atomic E-state index is 0.716. The smallest absolute Gasteiger partial charge is 0.123 e. The van der Waals surface area contributed by atoms with Gasteiger partial charge >= 0.3 is 0 Å². The number of aryl methyl sites for hydroxylation is 1. The van der Waals surface area contributed by atoms with E-state index in [0.717, 1.165) is 28.3 Å². The summed E-state index contributed by atoms with van der Waals surface area (Å²) in [5, 5.41) is 12.7. The molecule has 0 radical (unpaired) electrons. The fraction of sp³-hybridized carbons (Fsp3) is 0.176. The van der Waals surface area contributed by atoms with Crippen LogP contribution < -0.4 is 0 Å². The lowest BCUT2D eigenvalue weighted by atomic mass is 9.98. The summed E-state index contributed by atoms with van der Waals surface area (Å²) >= 11 is 0. The minimum atomic E-state index is -0.746. The Bertz CT molecular complexity index is 734. The van der Waals surface area contributed by atoms with E-state index in [1.165, 1.54) is 0 Å². The highest BCUT2D eigenvalue weighted by molar-refractivity contribution is 5.85. The summed E-state index contributed by atoms with van der Waals surface area (Å²) in [7, 11) is 0. The lowest BCUT2D eigenvalue weighted by Crippen LogP contribution is -2.07. The Labute approximate surface area is 117 Å². The van der Waals surface area contributed by atoms with Gasteiger partial charge in [-0.05, 0) is 23.4 Å². The highest BCUT2D eigenvalue weighted by atomic mass is 16.3. The second-order valence-electron chi connectivity index (χ2n) is 4.75. The molecule has 1 N–H and O–H groups in total. The van der Waals surface area contributed by atoms with E-state index in [2.05, 4.69) is 16.9 Å². The summed E-state index contributed by atoms with van der Waals surface area (Å²) in [5.74, 6) is 0. The zero-order valence-electron chi connectivity index (χ0n) is 11.3. The van der Waals surface area contributed by atoms with Gasteiger partial charge in [0.05, 0.1) is 5.69 Å². The first-order chi connectivity index (χ1) is 9.81. The van der Waals surface area contributed by atoms with Gasteiger partial charge in [-0.1, -0.05) is 37.3 Å². The Morgan fingerprint density at radius 3 is 2.80 bits per heavy atom. The Morgan fingerprint density at radius 2 is 1.95 bits per heavy atom. The van der Waals surface area contributed by atoms with Gasteiger partial charge in [0.1, 0.15) is 6.10 Å². The van der Waals surface area contributed by atoms with E-state index in [0.29, 0.717) is 5.69 Å². The van der Waals surface area contributed by atoms with Gasteiger partial charge in [0.15, 0.2) is 0 Å². The highest BCUT2D eigenvalue weighted by Crippen LogP contribution is 2.28. The van der Waals surface area contributed by atoms with Gasteiger partial charge in [-0.15, -0.1) is 0 Å². The normalized spacial score (nSPS) is 12.5. The molecule has 0 saturated heterocycles. The zero-order valence-corrected chi connectivity index (χ0v) is 11.3. The molecule has 0 spiro atoms. The molecule has 0 aliphatic heterocycles. The van der Waals surface area contributed by atoms with E-state index < -0.39 is 6.10 Å². The molecule has 1 aromatic carbocycles. The third-order valence-corrected chi connectivity index (χ3v) is 3.56. The maximum absolute atomic E-state index is 10.7. The van der Waals surface area contributed by atoms with Gasteiger partial charge in [0, 0.05) is 29.5 Å². The minimum Gasteiger partial charge on any atom is -0.382 e. The van der Waals surface area contributed by atoms with Crippen LogP contribution in [0.1, 0.15) is 29.8 Å². The lowest BCUT2D eigenvalue weighted by molar-refractivity contribution is 0.215. The standard InChI is InChI=1S/C17H16N2O/c1-2-12-7-5-9-19-16(12)17(20)15-11-18-10-13-6-3-4-8-14(13)15/h3-11,17,20H,2H2,1H3. The first-order valence-corrected chi connectivity index (χ1v) is 6.75. The van der Waals surface area contributed by atoms with Crippen LogP contribution in [0, 0.1) is 0 Å². The van der Waals surface area contributed by atoms with Crippen LogP contribution in [-0.2, 0) is 6.42 Å². The van der Waals surface area contributed by atoms with Crippen molar-refractivity contribution in [3.8, 4) is 0 Å². The fourth-order valence-electron chi connectivity index (χ4n) is 2.50. The molecule has 3 nitrogen and oxygen atoms in total. The number of rotatable bonds is 3. The number of aliphatic hydroxyl groups is 1. The topological polar surface area (TPSA) is 46.0 Å². The van der Waals surface area contributed by atoms with Crippen molar-refractivity contribution in [3.05, 3.63) is 71.8 Å². The molecule has 3 aromatic rings. The summed E-state index contributed by atoms with van der Waals surface area (Å²) in [6.45, 7) is 2.06. The average molecular weight is 264 g/mol. The molecule has 0 fully saturated rings. The van der Waals surface area contributed by atoms with Crippen molar-refractivity contribution < 1.29 is 5.11 Å². The predicted octanol–water partition coefficient (Wildman–Crippen LogP) is 3.27. The van der Waals surface area contributed by atoms with Crippen molar-refractivity contribution in [1.82, 2.24) is 9.97 Å². The number of aromatic nitrogens is 2. The summed E-state index contributed by atoms with van der Waals surface area (Å²) in [6.07, 6.45) is 5.35. The van der Waals surface area contributed by atoms with Gasteiger partial charge in [0.2, 0.25) is 0 Å². The third-order valence-electron chi connectivity index (χ3n) is 3.56. The van der Waals surface area contributed by atoms with Crippen LogP contribution in [0.25, 0.3) is 10.8 Å². The molecule has 0 aliphatic rings. The molecule has 0 saturated carbocycles. The summed E-state index contributed by atoms with van der Waals surface area (Å²) in [4.78, 5) is 8.58. The fourth-order valence-corrected chi connectivity index (χ4v) is 2.50. The first-order valence-electron chi connectivity index (χ1n) is 6.75. The maximum atomic E-state index is 10.7. The largest absolute Gasteiger partial charge is 0.382 e. The van der Waals surface area contributed by atoms with Crippen molar-refractivity contribution in [1.29, 1.82) is 0 Å². The van der Waals surface area contributed by atoms with Crippen LogP contribution in [-0.4, -0.2) is 15.1 Å². The molecule has 0 amide bonds. The molecular weight excluding hydrogens is 248 g/mol. The number of fused-ring (bicyclic) bond motifs is 1. The van der Waals surface area contributed by atoms with Crippen LogP contribution >= 0.6 is 0 Å². The Balaban J connectivity index is 2.15. The van der Waals surface area contributed by atoms with E-state index in [9.17, 15) is 5.11 Å². The molecule has 0 bridgehead atoms. The second kappa shape index (κ2) is 5.39. The van der Waals surface area contributed by atoms with Gasteiger partial charge in [-0.3, -0.25) is 9.97 Å². The molecule has 1 unspecified atom stereocenters. The number of pyridine rings is 2. The number of benzene rings is 1. The maximum Gasteiger partial charge on any atom is 0.123 e. The quantitative estimate of drug-likeness (QED) is 0.789. The predicted molar refractivity (Wildman–Crippen MR) is 79.4 cm³/mol. The second-order valence-corrected chi connectivity index (χ2v) is 4.75. The molecule has 3 rings (SSSR count). The summed E-state index contributed by atoms with van der Waals surface area (Å²) < 4.78 is 0. The van der Waals surface area contributed by atoms with E-state index >= 15 is 0 Å². The van der Waals surface area contributed by atoms with Crippen LogP contribution in [0.5, 0.6) is 0 Å². The van der Waals surface area contributed by atoms with Gasteiger partial charge < -0.3 is 5.11 Å². The number of hydrogen-bond donors (Lipinski definition) is 1. The summed E-state index contributed by atoms with van der Waals surface area (Å²) in [6, 6.07) is 11.8. The summed E-state index contributed by atoms with van der Waals surface area (Å²) in [5.41, 5.74) is 2.58. The van der Waals surface area contributed by atoms with Crippen LogP contribution in [0.3, 0.4) is 0 Å². The van der Waals surface area contributed by atoms with Crippen LogP contribution in [0.15, 0.2) is 55.0 Å². The Hall–Kier alpha value is -2.26. The molecule has 1 atom stereocenters. The number of aliphatic hydroxyl groups excluding tert-OH is 1. The van der Waals surface area contributed by atoms with Crippen molar-refractivity contribution in [2.24, 2.45) is 0 Å². The van der Waals surface area contributed by atoms with E-state index in [1.54, 1.807) is 12.4 Å². The molecule has 100 valence electrons. The molecule has 0 aliphatic carbocycles.